The minimum absolute atomic E-state index is 0.456. The first-order valence-corrected chi connectivity index (χ1v) is 4.64. The van der Waals surface area contributed by atoms with Crippen LogP contribution in [-0.2, 0) is 4.74 Å². The van der Waals surface area contributed by atoms with E-state index in [1.807, 2.05) is 0 Å². The highest BCUT2D eigenvalue weighted by molar-refractivity contribution is 5.33. The zero-order chi connectivity index (χ0) is 11.3. The van der Waals surface area contributed by atoms with Crippen LogP contribution in [0.3, 0.4) is 0 Å². The minimum Gasteiger partial charge on any atom is -0.375 e. The number of ether oxygens (including phenoxy) is 1. The van der Waals surface area contributed by atoms with E-state index in [1.165, 1.54) is 7.11 Å². The summed E-state index contributed by atoms with van der Waals surface area (Å²) in [5.74, 6) is 0. The van der Waals surface area contributed by atoms with Crippen LogP contribution in [0, 0.1) is 0 Å². The molecule has 5 heteroatoms. The summed E-state index contributed by atoms with van der Waals surface area (Å²) in [5.41, 5.74) is 8.06. The molecule has 1 rings (SSSR count). The highest BCUT2D eigenvalue weighted by atomic mass is 19.1. The number of hydrogen-bond acceptors (Lipinski definition) is 3. The van der Waals surface area contributed by atoms with Gasteiger partial charge in [-0.05, 0) is 5.56 Å². The molecule has 0 fully saturated rings. The van der Waals surface area contributed by atoms with E-state index in [-0.39, 0.29) is 0 Å². The molecule has 5 N–H and O–H groups in total. The third-order valence-electron chi connectivity index (χ3n) is 2.24. The van der Waals surface area contributed by atoms with E-state index in [4.69, 9.17) is 15.7 Å². The number of nitrogens with two attached hydrogens (primary N) is 2. The number of rotatable bonds is 5. The number of benzene rings is 1. The lowest BCUT2D eigenvalue weighted by atomic mass is 10.0. The Morgan fingerprint density at radius 3 is 2.47 bits per heavy atom. The minimum atomic E-state index is -0.668. The van der Waals surface area contributed by atoms with E-state index in [9.17, 15) is 4.39 Å². The standard InChI is InChI=1S/C10H15FN2O2/c1-15-10(9(12)6-11)7-2-4-8(13-14)5-3-7/h2-5,9-10,13-14H,6,12H2,1H3/p+1. The molecule has 2 unspecified atom stereocenters. The smallest absolute Gasteiger partial charge is 0.161 e. The highest BCUT2D eigenvalue weighted by Gasteiger charge is 2.19. The van der Waals surface area contributed by atoms with Crippen molar-refractivity contribution in [2.75, 3.05) is 13.8 Å². The second-order valence-electron chi connectivity index (χ2n) is 3.27. The van der Waals surface area contributed by atoms with E-state index in [1.54, 1.807) is 24.3 Å². The average Bonchev–Trinajstić information content (AvgIpc) is 2.30. The fourth-order valence-corrected chi connectivity index (χ4v) is 1.41. The van der Waals surface area contributed by atoms with E-state index in [0.717, 1.165) is 11.0 Å². The maximum absolute atomic E-state index is 12.4. The summed E-state index contributed by atoms with van der Waals surface area (Å²) in [7, 11) is 1.49. The number of quaternary nitrogens is 1. The van der Waals surface area contributed by atoms with Crippen molar-refractivity contribution in [2.45, 2.75) is 12.1 Å². The number of halogens is 1. The van der Waals surface area contributed by atoms with Crippen molar-refractivity contribution in [3.05, 3.63) is 29.8 Å². The van der Waals surface area contributed by atoms with Crippen molar-refractivity contribution < 1.29 is 19.8 Å². The first-order valence-electron chi connectivity index (χ1n) is 4.64. The van der Waals surface area contributed by atoms with Gasteiger partial charge < -0.3 is 10.5 Å². The third kappa shape index (κ3) is 2.97. The van der Waals surface area contributed by atoms with Crippen LogP contribution in [0.2, 0.25) is 0 Å². The van der Waals surface area contributed by atoms with Crippen LogP contribution in [0.25, 0.3) is 0 Å². The lowest BCUT2D eigenvalue weighted by Crippen LogP contribution is -2.73. The molecule has 0 aliphatic carbocycles. The maximum Gasteiger partial charge on any atom is 0.161 e. The lowest BCUT2D eigenvalue weighted by molar-refractivity contribution is -0.825. The molecule has 0 spiro atoms. The van der Waals surface area contributed by atoms with Crippen LogP contribution in [0.4, 0.5) is 10.1 Å². The van der Waals surface area contributed by atoms with E-state index >= 15 is 0 Å². The van der Waals surface area contributed by atoms with Gasteiger partial charge in [0.15, 0.2) is 5.69 Å². The summed E-state index contributed by atoms with van der Waals surface area (Å²) in [6.45, 7) is -0.633. The van der Waals surface area contributed by atoms with Gasteiger partial charge in [-0.3, -0.25) is 0 Å². The van der Waals surface area contributed by atoms with Gasteiger partial charge in [0.25, 0.3) is 0 Å². The number of hydrogen-bond donors (Lipinski definition) is 3. The Labute approximate surface area is 87.8 Å². The molecule has 0 bridgehead atoms. The molecule has 0 heterocycles. The molecule has 2 atom stereocenters. The molecule has 84 valence electrons. The van der Waals surface area contributed by atoms with Crippen LogP contribution < -0.4 is 11.2 Å². The van der Waals surface area contributed by atoms with Crippen molar-refractivity contribution in [3.63, 3.8) is 0 Å². The molecule has 0 radical (unpaired) electrons. The SMILES string of the molecule is COC(c1ccc([NH2+]O)cc1)C(N)CF. The van der Waals surface area contributed by atoms with E-state index < -0.39 is 18.8 Å². The second kappa shape index (κ2) is 5.77. The fourth-order valence-electron chi connectivity index (χ4n) is 1.41. The van der Waals surface area contributed by atoms with Crippen LogP contribution in [0.1, 0.15) is 11.7 Å². The number of alkyl halides is 1. The Hall–Kier alpha value is -1.01. The molecular weight excluding hydrogens is 199 g/mol. The predicted octanol–water partition coefficient (Wildman–Crippen LogP) is 0.255. The molecule has 0 saturated heterocycles. The Balaban J connectivity index is 2.83. The summed E-state index contributed by atoms with van der Waals surface area (Å²) in [5, 5.41) is 8.74. The average molecular weight is 215 g/mol. The predicted molar refractivity (Wildman–Crippen MR) is 53.5 cm³/mol. The van der Waals surface area contributed by atoms with Gasteiger partial charge in [0.1, 0.15) is 6.67 Å². The summed E-state index contributed by atoms with van der Waals surface area (Å²) >= 11 is 0. The van der Waals surface area contributed by atoms with Crippen molar-refractivity contribution in [2.24, 2.45) is 5.73 Å². The van der Waals surface area contributed by atoms with Crippen molar-refractivity contribution in [3.8, 4) is 0 Å². The largest absolute Gasteiger partial charge is 0.375 e. The van der Waals surface area contributed by atoms with Crippen molar-refractivity contribution in [1.29, 1.82) is 0 Å². The molecule has 0 saturated carbocycles. The molecule has 0 aromatic heterocycles. The topological polar surface area (TPSA) is 72.1 Å². The molecule has 0 aliphatic heterocycles. The third-order valence-corrected chi connectivity index (χ3v) is 2.24. The van der Waals surface area contributed by atoms with Gasteiger partial charge in [0.2, 0.25) is 0 Å². The molecule has 1 aromatic rings. The first-order chi connectivity index (χ1) is 7.22. The molecule has 4 nitrogen and oxygen atoms in total. The summed E-state index contributed by atoms with van der Waals surface area (Å²) in [6.07, 6.45) is -0.456. The molecule has 0 amide bonds. The molecule has 15 heavy (non-hydrogen) atoms. The van der Waals surface area contributed by atoms with Crippen LogP contribution in [-0.4, -0.2) is 25.0 Å². The van der Waals surface area contributed by atoms with E-state index in [0.29, 0.717) is 5.69 Å². The Morgan fingerprint density at radius 1 is 1.47 bits per heavy atom. The van der Waals surface area contributed by atoms with Crippen molar-refractivity contribution in [1.82, 2.24) is 0 Å². The monoisotopic (exact) mass is 215 g/mol. The van der Waals surface area contributed by atoms with Gasteiger partial charge in [0.05, 0.1) is 12.1 Å². The van der Waals surface area contributed by atoms with Crippen LogP contribution >= 0.6 is 0 Å². The molecule has 1 aromatic carbocycles. The van der Waals surface area contributed by atoms with Gasteiger partial charge in [-0.2, -0.15) is 5.48 Å². The van der Waals surface area contributed by atoms with E-state index in [2.05, 4.69) is 0 Å². The Bertz CT molecular complexity index is 292. The Kier molecular flexibility index (Phi) is 4.64. The van der Waals surface area contributed by atoms with Crippen molar-refractivity contribution >= 4 is 5.69 Å². The zero-order valence-corrected chi connectivity index (χ0v) is 8.56. The maximum atomic E-state index is 12.4. The Morgan fingerprint density at radius 2 is 2.07 bits per heavy atom. The van der Waals surface area contributed by atoms with Gasteiger partial charge >= 0.3 is 0 Å². The summed E-state index contributed by atoms with van der Waals surface area (Å²) < 4.78 is 17.5. The van der Waals surface area contributed by atoms with Crippen LogP contribution in [0.5, 0.6) is 0 Å². The normalized spacial score (nSPS) is 14.9. The van der Waals surface area contributed by atoms with Gasteiger partial charge in [-0.25, -0.2) is 9.60 Å². The first kappa shape index (κ1) is 12.1. The summed E-state index contributed by atoms with van der Waals surface area (Å²) in [6, 6.07) is 6.27. The molecule has 0 aliphatic rings. The van der Waals surface area contributed by atoms with Gasteiger partial charge in [-0.15, -0.1) is 0 Å². The summed E-state index contributed by atoms with van der Waals surface area (Å²) in [4.78, 5) is 0. The van der Waals surface area contributed by atoms with Gasteiger partial charge in [-0.1, -0.05) is 12.1 Å². The van der Waals surface area contributed by atoms with Crippen LogP contribution in [0.15, 0.2) is 24.3 Å². The quantitative estimate of drug-likeness (QED) is 0.487. The number of methoxy groups -OCH3 is 1. The lowest BCUT2D eigenvalue weighted by Gasteiger charge is -2.20. The van der Waals surface area contributed by atoms with Gasteiger partial charge in [0, 0.05) is 19.2 Å². The fraction of sp³-hybridized carbons (Fsp3) is 0.400. The molecular formula is C10H16FN2O2+. The second-order valence-corrected chi connectivity index (χ2v) is 3.27. The highest BCUT2D eigenvalue weighted by Crippen LogP contribution is 2.20. The zero-order valence-electron chi connectivity index (χ0n) is 8.56.